The van der Waals surface area contributed by atoms with Crippen LogP contribution in [0.15, 0.2) is 49.1 Å². The van der Waals surface area contributed by atoms with E-state index in [0.717, 1.165) is 31.6 Å². The number of amides is 1. The van der Waals surface area contributed by atoms with E-state index in [1.807, 2.05) is 24.3 Å². The number of nitrogens with zero attached hydrogens (tertiary/aromatic N) is 7. The molecule has 5 rings (SSSR count). The average Bonchev–Trinajstić information content (AvgIpc) is 3.63. The quantitative estimate of drug-likeness (QED) is 0.158. The van der Waals surface area contributed by atoms with Gasteiger partial charge in [-0.15, -0.1) is 0 Å². The van der Waals surface area contributed by atoms with Crippen LogP contribution in [0.25, 0.3) is 16.7 Å². The van der Waals surface area contributed by atoms with Crippen LogP contribution in [0.4, 0.5) is 23.3 Å². The molecule has 16 heteroatoms. The van der Waals surface area contributed by atoms with Gasteiger partial charge in [-0.05, 0) is 56.6 Å². The number of fused-ring (bicyclic) bond motifs is 1. The summed E-state index contributed by atoms with van der Waals surface area (Å²) in [5, 5.41) is 29.3. The zero-order chi connectivity index (χ0) is 28.8. The summed E-state index contributed by atoms with van der Waals surface area (Å²) in [6, 6.07) is 7.30. The second-order valence-electron chi connectivity index (χ2n) is 9.57. The minimum atomic E-state index is -3.80. The Balaban J connectivity index is 1.23. The van der Waals surface area contributed by atoms with E-state index in [0.29, 0.717) is 29.0 Å². The number of anilines is 4. The number of carbonyl (C=O) groups is 1. The van der Waals surface area contributed by atoms with Gasteiger partial charge in [-0.25, -0.2) is 28.1 Å². The SMILES string of the molecule is O=C(CN1CCCC1)Nc1ccc(-n2ncc3cnc(Nc4cnc(NS(=O)(=O)CCC(O)CO)nc4)nc32)cc1. The van der Waals surface area contributed by atoms with Crippen LogP contribution in [0.3, 0.4) is 0 Å². The molecule has 0 saturated carbocycles. The van der Waals surface area contributed by atoms with Crippen molar-refractivity contribution in [1.29, 1.82) is 0 Å². The third-order valence-corrected chi connectivity index (χ3v) is 7.62. The van der Waals surface area contributed by atoms with Gasteiger partial charge in [-0.2, -0.15) is 10.1 Å². The summed E-state index contributed by atoms with van der Waals surface area (Å²) in [6.07, 6.45) is 7.02. The van der Waals surface area contributed by atoms with Crippen molar-refractivity contribution in [3.8, 4) is 5.69 Å². The number of aromatic nitrogens is 6. The number of rotatable bonds is 12. The van der Waals surface area contributed by atoms with Crippen molar-refractivity contribution in [2.75, 3.05) is 47.3 Å². The standard InChI is InChI=1S/C25H30N10O5S/c36-16-21(37)7-10-41(39,40)33-24-27-13-19(14-28-24)31-25-26-11-17-12-29-35(23(17)32-25)20-5-3-18(4-6-20)30-22(38)15-34-8-1-2-9-34/h3-6,11-14,21,36-37H,1-2,7-10,15-16H2,(H,30,38)(H,26,31,32)(H,27,28,33). The summed E-state index contributed by atoms with van der Waals surface area (Å²) in [5.74, 6) is -0.325. The van der Waals surface area contributed by atoms with Crippen LogP contribution >= 0.6 is 0 Å². The van der Waals surface area contributed by atoms with E-state index < -0.39 is 28.5 Å². The van der Waals surface area contributed by atoms with Crippen LogP contribution in [0.1, 0.15) is 19.3 Å². The molecular weight excluding hydrogens is 552 g/mol. The number of hydrogen-bond donors (Lipinski definition) is 5. The number of aliphatic hydroxyl groups is 2. The van der Waals surface area contributed by atoms with Crippen molar-refractivity contribution in [3.05, 3.63) is 49.1 Å². The van der Waals surface area contributed by atoms with Gasteiger partial charge in [0, 0.05) is 11.9 Å². The first kappa shape index (κ1) is 28.3. The molecule has 4 heterocycles. The van der Waals surface area contributed by atoms with Gasteiger partial charge in [0.25, 0.3) is 0 Å². The second-order valence-corrected chi connectivity index (χ2v) is 11.4. The van der Waals surface area contributed by atoms with Crippen LogP contribution < -0.4 is 15.4 Å². The van der Waals surface area contributed by atoms with Gasteiger partial charge in [-0.1, -0.05) is 0 Å². The number of sulfonamides is 1. The molecule has 5 N–H and O–H groups in total. The third kappa shape index (κ3) is 7.49. The molecule has 4 aromatic rings. The normalized spacial score (nSPS) is 14.7. The first-order valence-corrected chi connectivity index (χ1v) is 14.6. The van der Waals surface area contributed by atoms with Gasteiger partial charge >= 0.3 is 0 Å². The smallest absolute Gasteiger partial charge is 0.238 e. The van der Waals surface area contributed by atoms with E-state index in [4.69, 9.17) is 5.11 Å². The Morgan fingerprint density at radius 2 is 1.68 bits per heavy atom. The molecule has 1 atom stereocenters. The fraction of sp³-hybridized carbons (Fsp3) is 0.360. The van der Waals surface area contributed by atoms with E-state index in [-0.39, 0.29) is 24.2 Å². The first-order chi connectivity index (χ1) is 19.8. The molecule has 3 aromatic heterocycles. The van der Waals surface area contributed by atoms with Crippen LogP contribution in [-0.4, -0.2) is 97.3 Å². The van der Waals surface area contributed by atoms with E-state index in [9.17, 15) is 18.3 Å². The zero-order valence-electron chi connectivity index (χ0n) is 22.0. The van der Waals surface area contributed by atoms with Gasteiger partial charge in [0.2, 0.25) is 27.8 Å². The molecule has 15 nitrogen and oxygen atoms in total. The number of likely N-dealkylation sites (tertiary alicyclic amines) is 1. The molecule has 1 saturated heterocycles. The molecule has 41 heavy (non-hydrogen) atoms. The lowest BCUT2D eigenvalue weighted by atomic mass is 10.2. The van der Waals surface area contributed by atoms with Crippen LogP contribution in [0.5, 0.6) is 0 Å². The predicted molar refractivity (Wildman–Crippen MR) is 151 cm³/mol. The third-order valence-electron chi connectivity index (χ3n) is 6.36. The molecule has 0 aliphatic carbocycles. The van der Waals surface area contributed by atoms with Crippen LogP contribution in [-0.2, 0) is 14.8 Å². The minimum Gasteiger partial charge on any atom is -0.394 e. The van der Waals surface area contributed by atoms with Crippen molar-refractivity contribution in [2.45, 2.75) is 25.4 Å². The Morgan fingerprint density at radius 1 is 0.976 bits per heavy atom. The highest BCUT2D eigenvalue weighted by atomic mass is 32.2. The van der Waals surface area contributed by atoms with Gasteiger partial charge in [0.1, 0.15) is 0 Å². The Kier molecular flexibility index (Phi) is 8.63. The molecule has 0 bridgehead atoms. The summed E-state index contributed by atoms with van der Waals surface area (Å²) in [7, 11) is -3.80. The molecule has 0 radical (unpaired) electrons. The number of hydrogen-bond acceptors (Lipinski definition) is 12. The van der Waals surface area contributed by atoms with Crippen molar-refractivity contribution in [3.63, 3.8) is 0 Å². The van der Waals surface area contributed by atoms with Crippen molar-refractivity contribution < 1.29 is 23.4 Å². The Morgan fingerprint density at radius 3 is 2.39 bits per heavy atom. The molecule has 1 fully saturated rings. The summed E-state index contributed by atoms with van der Waals surface area (Å²) < 4.78 is 28.1. The maximum absolute atomic E-state index is 12.3. The number of nitrogens with one attached hydrogen (secondary N) is 3. The fourth-order valence-electron chi connectivity index (χ4n) is 4.24. The highest BCUT2D eigenvalue weighted by Gasteiger charge is 2.17. The second kappa shape index (κ2) is 12.5. The van der Waals surface area contributed by atoms with E-state index in [1.54, 1.807) is 17.1 Å². The zero-order valence-corrected chi connectivity index (χ0v) is 22.8. The minimum absolute atomic E-state index is 0.0417. The fourth-order valence-corrected chi connectivity index (χ4v) is 5.31. The van der Waals surface area contributed by atoms with Crippen molar-refractivity contribution in [2.24, 2.45) is 0 Å². The summed E-state index contributed by atoms with van der Waals surface area (Å²) in [6.45, 7) is 1.77. The topological polar surface area (TPSA) is 200 Å². The van der Waals surface area contributed by atoms with Crippen LogP contribution in [0, 0.1) is 0 Å². The maximum atomic E-state index is 12.3. The maximum Gasteiger partial charge on any atom is 0.238 e. The molecule has 1 amide bonds. The molecule has 1 unspecified atom stereocenters. The van der Waals surface area contributed by atoms with Crippen LogP contribution in [0.2, 0.25) is 0 Å². The predicted octanol–water partition coefficient (Wildman–Crippen LogP) is 0.868. The monoisotopic (exact) mass is 582 g/mol. The van der Waals surface area contributed by atoms with E-state index >= 15 is 0 Å². The number of carbonyl (C=O) groups excluding carboxylic acids is 1. The lowest BCUT2D eigenvalue weighted by Crippen LogP contribution is -2.30. The van der Waals surface area contributed by atoms with Gasteiger partial charge < -0.3 is 20.8 Å². The number of benzene rings is 1. The van der Waals surface area contributed by atoms with Gasteiger partial charge in [0.15, 0.2) is 5.65 Å². The lowest BCUT2D eigenvalue weighted by Gasteiger charge is -2.14. The number of aliphatic hydroxyl groups excluding tert-OH is 2. The summed E-state index contributed by atoms with van der Waals surface area (Å²) in [4.78, 5) is 31.3. The molecule has 1 aliphatic rings. The molecule has 1 aliphatic heterocycles. The molecule has 216 valence electrons. The molecular formula is C25H30N10O5S. The largest absolute Gasteiger partial charge is 0.394 e. The van der Waals surface area contributed by atoms with Crippen molar-refractivity contribution >= 4 is 50.2 Å². The highest BCUT2D eigenvalue weighted by Crippen LogP contribution is 2.21. The first-order valence-electron chi connectivity index (χ1n) is 13.0. The average molecular weight is 583 g/mol. The molecule has 1 aromatic carbocycles. The molecule has 0 spiro atoms. The van der Waals surface area contributed by atoms with Gasteiger partial charge in [0.05, 0.1) is 60.4 Å². The lowest BCUT2D eigenvalue weighted by molar-refractivity contribution is -0.117. The Bertz CT molecular complexity index is 1590. The highest BCUT2D eigenvalue weighted by molar-refractivity contribution is 7.92. The van der Waals surface area contributed by atoms with Crippen molar-refractivity contribution in [1.82, 2.24) is 34.6 Å². The Hall–Kier alpha value is -4.25. The van der Waals surface area contributed by atoms with Gasteiger partial charge in [-0.3, -0.25) is 14.4 Å². The van der Waals surface area contributed by atoms with E-state index in [1.165, 1.54) is 12.4 Å². The summed E-state index contributed by atoms with van der Waals surface area (Å²) >= 11 is 0. The van der Waals surface area contributed by atoms with E-state index in [2.05, 4.69) is 45.3 Å². The Labute approximate surface area is 235 Å². The summed E-state index contributed by atoms with van der Waals surface area (Å²) in [5.41, 5.74) is 2.40.